The van der Waals surface area contributed by atoms with Crippen molar-refractivity contribution in [2.24, 2.45) is 0 Å². The van der Waals surface area contributed by atoms with Crippen LogP contribution in [0.2, 0.25) is 0 Å². The fourth-order valence-electron chi connectivity index (χ4n) is 3.37. The predicted molar refractivity (Wildman–Crippen MR) is 125 cm³/mol. The third-order valence-corrected chi connectivity index (χ3v) is 4.97. The normalized spacial score (nSPS) is 11.0. The third-order valence-electron chi connectivity index (χ3n) is 4.97. The summed E-state index contributed by atoms with van der Waals surface area (Å²) in [6, 6.07) is 32.0. The van der Waals surface area contributed by atoms with Crippen molar-refractivity contribution in [2.45, 2.75) is 6.61 Å². The van der Waals surface area contributed by atoms with Gasteiger partial charge in [-0.25, -0.2) is 0 Å². The maximum absolute atomic E-state index is 9.56. The Labute approximate surface area is 182 Å². The fourth-order valence-corrected chi connectivity index (χ4v) is 3.37. The van der Waals surface area contributed by atoms with Crippen molar-refractivity contribution in [2.75, 3.05) is 4.90 Å². The highest BCUT2D eigenvalue weighted by Crippen LogP contribution is 2.34. The summed E-state index contributed by atoms with van der Waals surface area (Å²) in [6.07, 6.45) is 5.24. The van der Waals surface area contributed by atoms with E-state index in [9.17, 15) is 10.4 Å². The Morgan fingerprint density at radius 1 is 0.806 bits per heavy atom. The average molecular weight is 403 g/mol. The first-order chi connectivity index (χ1) is 15.3. The fraction of sp³-hybridized carbons (Fsp3) is 0.0370. The number of benzene rings is 3. The standard InChI is InChI=1S/C27H21N3O/c28-19-24(23-14-16-29-17-15-23)18-21-6-10-26(11-7-21)30(25-4-2-1-3-5-25)27-12-8-22(20-31)9-13-27/h1-18,31H,20H2/b24-18+. The van der Waals surface area contributed by atoms with Gasteiger partial charge in [0.1, 0.15) is 0 Å². The molecule has 31 heavy (non-hydrogen) atoms. The summed E-state index contributed by atoms with van der Waals surface area (Å²) >= 11 is 0. The molecule has 3 aromatic carbocycles. The number of rotatable bonds is 6. The molecule has 4 heteroatoms. The molecule has 1 N–H and O–H groups in total. The van der Waals surface area contributed by atoms with Crippen LogP contribution in [0.1, 0.15) is 16.7 Å². The number of nitrogens with zero attached hydrogens (tertiary/aromatic N) is 3. The van der Waals surface area contributed by atoms with E-state index in [4.69, 9.17) is 0 Å². The van der Waals surface area contributed by atoms with E-state index in [1.54, 1.807) is 12.4 Å². The number of anilines is 3. The first-order valence-electron chi connectivity index (χ1n) is 9.96. The van der Waals surface area contributed by atoms with Crippen molar-refractivity contribution in [3.8, 4) is 6.07 Å². The van der Waals surface area contributed by atoms with Gasteiger partial charge in [-0.15, -0.1) is 0 Å². The first kappa shape index (κ1) is 20.1. The van der Waals surface area contributed by atoms with E-state index in [1.165, 1.54) is 0 Å². The molecule has 4 aromatic rings. The van der Waals surface area contributed by atoms with E-state index in [1.807, 2.05) is 84.9 Å². The average Bonchev–Trinajstić information content (AvgIpc) is 2.85. The summed E-state index contributed by atoms with van der Waals surface area (Å²) in [5.74, 6) is 0. The lowest BCUT2D eigenvalue weighted by molar-refractivity contribution is 0.282. The van der Waals surface area contributed by atoms with Gasteiger partial charge in [0.2, 0.25) is 0 Å². The molecule has 0 saturated heterocycles. The zero-order valence-corrected chi connectivity index (χ0v) is 16.9. The Kier molecular flexibility index (Phi) is 6.18. The van der Waals surface area contributed by atoms with Crippen LogP contribution in [-0.2, 0) is 6.61 Å². The number of aliphatic hydroxyl groups excluding tert-OH is 1. The summed E-state index contributed by atoms with van der Waals surface area (Å²) in [6.45, 7) is 0.0192. The van der Waals surface area contributed by atoms with Crippen molar-refractivity contribution in [3.63, 3.8) is 0 Å². The molecule has 1 aromatic heterocycles. The highest BCUT2D eigenvalue weighted by molar-refractivity contribution is 5.89. The van der Waals surface area contributed by atoms with Crippen LogP contribution in [0.15, 0.2) is 103 Å². The number of aliphatic hydroxyl groups is 1. The minimum Gasteiger partial charge on any atom is -0.392 e. The van der Waals surface area contributed by atoms with E-state index >= 15 is 0 Å². The number of allylic oxidation sites excluding steroid dienone is 1. The van der Waals surface area contributed by atoms with Gasteiger partial charge in [-0.2, -0.15) is 5.26 Å². The highest BCUT2D eigenvalue weighted by atomic mass is 16.3. The summed E-state index contributed by atoms with van der Waals surface area (Å²) in [5.41, 5.74) is 6.30. The summed E-state index contributed by atoms with van der Waals surface area (Å²) in [4.78, 5) is 6.17. The molecule has 4 nitrogen and oxygen atoms in total. The van der Waals surface area contributed by atoms with Gasteiger partial charge in [0.25, 0.3) is 0 Å². The number of nitriles is 1. The molecule has 1 heterocycles. The van der Waals surface area contributed by atoms with Crippen LogP contribution in [0.4, 0.5) is 17.1 Å². The van der Waals surface area contributed by atoms with Gasteiger partial charge in [-0.1, -0.05) is 42.5 Å². The minimum absolute atomic E-state index is 0.0192. The zero-order valence-electron chi connectivity index (χ0n) is 16.9. The predicted octanol–water partition coefficient (Wildman–Crippen LogP) is 6.11. The SMILES string of the molecule is N#C/C(=C\c1ccc(N(c2ccccc2)c2ccc(CO)cc2)cc1)c1ccncc1. The Bertz CT molecular complexity index is 1190. The topological polar surface area (TPSA) is 60.2 Å². The number of pyridine rings is 1. The number of para-hydroxylation sites is 1. The molecule has 0 aliphatic rings. The van der Waals surface area contributed by atoms with Crippen LogP contribution < -0.4 is 4.90 Å². The Balaban J connectivity index is 1.70. The smallest absolute Gasteiger partial charge is 0.0998 e. The van der Waals surface area contributed by atoms with E-state index in [0.29, 0.717) is 5.57 Å². The quantitative estimate of drug-likeness (QED) is 0.395. The molecule has 0 bridgehead atoms. The summed E-state index contributed by atoms with van der Waals surface area (Å²) in [7, 11) is 0. The van der Waals surface area contributed by atoms with E-state index in [2.05, 4.69) is 28.1 Å². The van der Waals surface area contributed by atoms with E-state index in [-0.39, 0.29) is 6.61 Å². The molecule has 0 atom stereocenters. The second-order valence-electron chi connectivity index (χ2n) is 6.99. The maximum Gasteiger partial charge on any atom is 0.0998 e. The maximum atomic E-state index is 9.56. The summed E-state index contributed by atoms with van der Waals surface area (Å²) in [5, 5.41) is 18.9. The second kappa shape index (κ2) is 9.53. The van der Waals surface area contributed by atoms with Gasteiger partial charge < -0.3 is 10.0 Å². The molecule has 4 rings (SSSR count). The molecule has 0 saturated carbocycles. The van der Waals surface area contributed by atoms with Gasteiger partial charge in [-0.05, 0) is 71.3 Å². The molecule has 0 fully saturated rings. The molecule has 0 radical (unpaired) electrons. The van der Waals surface area contributed by atoms with Gasteiger partial charge >= 0.3 is 0 Å². The van der Waals surface area contributed by atoms with Crippen LogP contribution in [0, 0.1) is 11.3 Å². The van der Waals surface area contributed by atoms with Gasteiger partial charge in [0.05, 0.1) is 18.2 Å². The Morgan fingerprint density at radius 3 is 1.97 bits per heavy atom. The molecule has 0 spiro atoms. The van der Waals surface area contributed by atoms with Gasteiger partial charge in [0.15, 0.2) is 0 Å². The van der Waals surface area contributed by atoms with Crippen molar-refractivity contribution < 1.29 is 5.11 Å². The van der Waals surface area contributed by atoms with Crippen molar-refractivity contribution in [1.82, 2.24) is 4.98 Å². The number of aromatic nitrogens is 1. The lowest BCUT2D eigenvalue weighted by Crippen LogP contribution is -2.09. The third kappa shape index (κ3) is 4.69. The molecule has 0 unspecified atom stereocenters. The lowest BCUT2D eigenvalue weighted by Gasteiger charge is -2.25. The zero-order chi connectivity index (χ0) is 21.5. The Morgan fingerprint density at radius 2 is 1.39 bits per heavy atom. The molecule has 0 amide bonds. The highest BCUT2D eigenvalue weighted by Gasteiger charge is 2.12. The minimum atomic E-state index is 0.0192. The van der Waals surface area contributed by atoms with E-state index < -0.39 is 0 Å². The molecule has 0 aliphatic heterocycles. The Hall–Kier alpha value is -4.20. The van der Waals surface area contributed by atoms with Crippen molar-refractivity contribution in [3.05, 3.63) is 120 Å². The molecule has 150 valence electrons. The van der Waals surface area contributed by atoms with Crippen molar-refractivity contribution in [1.29, 1.82) is 5.26 Å². The van der Waals surface area contributed by atoms with Gasteiger partial charge in [-0.3, -0.25) is 4.98 Å². The second-order valence-corrected chi connectivity index (χ2v) is 6.99. The van der Waals surface area contributed by atoms with Crippen LogP contribution in [0.3, 0.4) is 0 Å². The first-order valence-corrected chi connectivity index (χ1v) is 9.96. The lowest BCUT2D eigenvalue weighted by atomic mass is 10.0. The molecule has 0 aliphatic carbocycles. The van der Waals surface area contributed by atoms with Crippen molar-refractivity contribution >= 4 is 28.7 Å². The largest absolute Gasteiger partial charge is 0.392 e. The van der Waals surface area contributed by atoms with E-state index in [0.717, 1.165) is 33.8 Å². The van der Waals surface area contributed by atoms with Gasteiger partial charge in [0, 0.05) is 29.5 Å². The van der Waals surface area contributed by atoms with Crippen LogP contribution >= 0.6 is 0 Å². The monoisotopic (exact) mass is 403 g/mol. The number of hydrogen-bond donors (Lipinski definition) is 1. The molecular formula is C27H21N3O. The van der Waals surface area contributed by atoms with Crippen LogP contribution in [-0.4, -0.2) is 10.1 Å². The molecular weight excluding hydrogens is 382 g/mol. The number of hydrogen-bond acceptors (Lipinski definition) is 4. The summed E-state index contributed by atoms with van der Waals surface area (Å²) < 4.78 is 0. The van der Waals surface area contributed by atoms with Crippen LogP contribution in [0.25, 0.3) is 11.6 Å². The van der Waals surface area contributed by atoms with Crippen LogP contribution in [0.5, 0.6) is 0 Å².